The highest BCUT2D eigenvalue weighted by Crippen LogP contribution is 2.24. The molecule has 0 heterocycles. The van der Waals surface area contributed by atoms with Crippen LogP contribution in [0.5, 0.6) is 5.75 Å². The van der Waals surface area contributed by atoms with Crippen molar-refractivity contribution in [2.45, 2.75) is 26.8 Å². The van der Waals surface area contributed by atoms with E-state index in [1.54, 1.807) is 30.0 Å². The van der Waals surface area contributed by atoms with Crippen LogP contribution in [0.25, 0.3) is 0 Å². The lowest BCUT2D eigenvalue weighted by Crippen LogP contribution is -2.46. The summed E-state index contributed by atoms with van der Waals surface area (Å²) < 4.78 is 5.08. The Balaban J connectivity index is 2.84. The van der Waals surface area contributed by atoms with Crippen LogP contribution in [0.2, 0.25) is 0 Å². The van der Waals surface area contributed by atoms with Gasteiger partial charge in [-0.1, -0.05) is 6.07 Å². The van der Waals surface area contributed by atoms with Gasteiger partial charge in [0, 0.05) is 13.1 Å². The zero-order valence-corrected chi connectivity index (χ0v) is 13.0. The second-order valence-corrected chi connectivity index (χ2v) is 4.63. The number of benzene rings is 1. The van der Waals surface area contributed by atoms with Crippen molar-refractivity contribution in [1.82, 2.24) is 10.2 Å². The van der Waals surface area contributed by atoms with E-state index < -0.39 is 6.04 Å². The van der Waals surface area contributed by atoms with E-state index in [2.05, 4.69) is 5.32 Å². The first-order chi connectivity index (χ1) is 9.96. The van der Waals surface area contributed by atoms with Crippen LogP contribution in [-0.2, 0) is 4.79 Å². The number of carbonyl (C=O) groups excluding carboxylic acids is 2. The fraction of sp³-hybridized carbons (Fsp3) is 0.467. The maximum Gasteiger partial charge on any atom is 0.254 e. The van der Waals surface area contributed by atoms with Crippen LogP contribution in [0, 0.1) is 0 Å². The maximum atomic E-state index is 12.2. The molecule has 0 saturated carbocycles. The van der Waals surface area contributed by atoms with Gasteiger partial charge in [-0.3, -0.25) is 9.59 Å². The highest BCUT2D eigenvalue weighted by Gasteiger charge is 2.22. The number of amides is 2. The molecule has 116 valence electrons. The van der Waals surface area contributed by atoms with E-state index in [9.17, 15) is 9.59 Å². The first-order valence-electron chi connectivity index (χ1n) is 6.98. The van der Waals surface area contributed by atoms with E-state index in [-0.39, 0.29) is 17.5 Å². The molecule has 21 heavy (non-hydrogen) atoms. The molecule has 1 rings (SSSR count). The molecular formula is C15H23N3O3. The van der Waals surface area contributed by atoms with Crippen LogP contribution < -0.4 is 15.8 Å². The van der Waals surface area contributed by atoms with E-state index in [4.69, 9.17) is 10.5 Å². The van der Waals surface area contributed by atoms with Crippen molar-refractivity contribution in [1.29, 1.82) is 0 Å². The first kappa shape index (κ1) is 16.8. The molecule has 1 aromatic rings. The maximum absolute atomic E-state index is 12.2. The summed E-state index contributed by atoms with van der Waals surface area (Å²) in [4.78, 5) is 26.0. The smallest absolute Gasteiger partial charge is 0.254 e. The SMILES string of the molecule is CCN(CC)C(=O)C(C)NC(=O)c1cccc(OC)c1N. The molecule has 1 aromatic carbocycles. The van der Waals surface area contributed by atoms with Crippen molar-refractivity contribution in [2.75, 3.05) is 25.9 Å². The van der Waals surface area contributed by atoms with Crippen molar-refractivity contribution in [3.8, 4) is 5.75 Å². The molecule has 0 aromatic heterocycles. The number of ether oxygens (including phenoxy) is 1. The van der Waals surface area contributed by atoms with E-state index in [0.29, 0.717) is 24.4 Å². The standard InChI is InChI=1S/C15H23N3O3/c1-5-18(6-2)15(20)10(3)17-14(19)11-8-7-9-12(21-4)13(11)16/h7-10H,5-6,16H2,1-4H3,(H,17,19). The number of nitrogens with one attached hydrogen (secondary N) is 1. The van der Waals surface area contributed by atoms with Crippen LogP contribution >= 0.6 is 0 Å². The Bertz CT molecular complexity index is 513. The van der Waals surface area contributed by atoms with Crippen LogP contribution in [-0.4, -0.2) is 43.0 Å². The van der Waals surface area contributed by atoms with E-state index in [1.807, 2.05) is 13.8 Å². The first-order valence-corrected chi connectivity index (χ1v) is 6.98. The highest BCUT2D eigenvalue weighted by atomic mass is 16.5. The molecule has 0 aliphatic heterocycles. The average Bonchev–Trinajstić information content (AvgIpc) is 2.48. The average molecular weight is 293 g/mol. The number of nitrogens with two attached hydrogens (primary N) is 1. The molecule has 1 unspecified atom stereocenters. The Hall–Kier alpha value is -2.24. The molecule has 0 saturated heterocycles. The zero-order chi connectivity index (χ0) is 16.0. The van der Waals surface area contributed by atoms with Crippen molar-refractivity contribution in [3.05, 3.63) is 23.8 Å². The summed E-state index contributed by atoms with van der Waals surface area (Å²) in [6.07, 6.45) is 0. The minimum Gasteiger partial charge on any atom is -0.495 e. The summed E-state index contributed by atoms with van der Waals surface area (Å²) in [6, 6.07) is 4.35. The number of rotatable bonds is 6. The Kier molecular flexibility index (Phi) is 6.02. The van der Waals surface area contributed by atoms with Gasteiger partial charge >= 0.3 is 0 Å². The monoisotopic (exact) mass is 293 g/mol. The number of hydrogen-bond acceptors (Lipinski definition) is 4. The molecule has 1 atom stereocenters. The van der Waals surface area contributed by atoms with Crippen molar-refractivity contribution in [3.63, 3.8) is 0 Å². The lowest BCUT2D eigenvalue weighted by Gasteiger charge is -2.23. The van der Waals surface area contributed by atoms with Gasteiger partial charge in [-0.25, -0.2) is 0 Å². The predicted molar refractivity (Wildman–Crippen MR) is 82.3 cm³/mol. The Morgan fingerprint density at radius 3 is 2.48 bits per heavy atom. The van der Waals surface area contributed by atoms with E-state index >= 15 is 0 Å². The second kappa shape index (κ2) is 7.52. The normalized spacial score (nSPS) is 11.6. The Labute approximate surface area is 125 Å². The van der Waals surface area contributed by atoms with Gasteiger partial charge in [0.2, 0.25) is 5.91 Å². The summed E-state index contributed by atoms with van der Waals surface area (Å²) in [5, 5.41) is 2.67. The van der Waals surface area contributed by atoms with Crippen LogP contribution in [0.1, 0.15) is 31.1 Å². The van der Waals surface area contributed by atoms with Gasteiger partial charge < -0.3 is 20.7 Å². The number of methoxy groups -OCH3 is 1. The van der Waals surface area contributed by atoms with Crippen LogP contribution in [0.4, 0.5) is 5.69 Å². The van der Waals surface area contributed by atoms with E-state index in [1.165, 1.54) is 7.11 Å². The third-order valence-electron chi connectivity index (χ3n) is 3.32. The van der Waals surface area contributed by atoms with Crippen LogP contribution in [0.3, 0.4) is 0 Å². The number of para-hydroxylation sites is 1. The highest BCUT2D eigenvalue weighted by molar-refractivity contribution is 6.02. The Morgan fingerprint density at radius 1 is 1.33 bits per heavy atom. The molecule has 0 aliphatic rings. The summed E-state index contributed by atoms with van der Waals surface area (Å²) in [5.41, 5.74) is 6.44. The van der Waals surface area contributed by atoms with Gasteiger partial charge in [0.1, 0.15) is 11.8 Å². The minimum atomic E-state index is -0.608. The summed E-state index contributed by atoms with van der Waals surface area (Å²) in [5.74, 6) is -0.0698. The fourth-order valence-corrected chi connectivity index (χ4v) is 2.07. The summed E-state index contributed by atoms with van der Waals surface area (Å²) in [6.45, 7) is 6.68. The predicted octanol–water partition coefficient (Wildman–Crippen LogP) is 1.26. The lowest BCUT2D eigenvalue weighted by molar-refractivity contribution is -0.132. The summed E-state index contributed by atoms with van der Waals surface area (Å²) in [7, 11) is 1.49. The number of hydrogen-bond donors (Lipinski definition) is 2. The van der Waals surface area contributed by atoms with Gasteiger partial charge in [0.25, 0.3) is 5.91 Å². The van der Waals surface area contributed by atoms with Crippen LogP contribution in [0.15, 0.2) is 18.2 Å². The summed E-state index contributed by atoms with van der Waals surface area (Å²) >= 11 is 0. The topological polar surface area (TPSA) is 84.7 Å². The Morgan fingerprint density at radius 2 is 1.95 bits per heavy atom. The van der Waals surface area contributed by atoms with Gasteiger partial charge in [-0.15, -0.1) is 0 Å². The van der Waals surface area contributed by atoms with Gasteiger partial charge in [-0.2, -0.15) is 0 Å². The van der Waals surface area contributed by atoms with Crippen molar-refractivity contribution >= 4 is 17.5 Å². The molecule has 0 aliphatic carbocycles. The van der Waals surface area contributed by atoms with Crippen molar-refractivity contribution < 1.29 is 14.3 Å². The largest absolute Gasteiger partial charge is 0.495 e. The molecule has 2 amide bonds. The zero-order valence-electron chi connectivity index (χ0n) is 13.0. The van der Waals surface area contributed by atoms with Crippen molar-refractivity contribution in [2.24, 2.45) is 0 Å². The molecule has 0 bridgehead atoms. The molecular weight excluding hydrogens is 270 g/mol. The molecule has 0 radical (unpaired) electrons. The number of nitrogens with zero attached hydrogens (tertiary/aromatic N) is 1. The van der Waals surface area contributed by atoms with Gasteiger partial charge in [0.15, 0.2) is 0 Å². The van der Waals surface area contributed by atoms with Gasteiger partial charge in [0.05, 0.1) is 18.4 Å². The van der Waals surface area contributed by atoms with Gasteiger partial charge in [-0.05, 0) is 32.9 Å². The third-order valence-corrected chi connectivity index (χ3v) is 3.32. The third kappa shape index (κ3) is 3.87. The molecule has 6 heteroatoms. The number of carbonyl (C=O) groups is 2. The molecule has 6 nitrogen and oxygen atoms in total. The van der Waals surface area contributed by atoms with E-state index in [0.717, 1.165) is 0 Å². The number of anilines is 1. The second-order valence-electron chi connectivity index (χ2n) is 4.63. The number of nitrogen functional groups attached to an aromatic ring is 1. The fourth-order valence-electron chi connectivity index (χ4n) is 2.07. The quantitative estimate of drug-likeness (QED) is 0.773. The minimum absolute atomic E-state index is 0.116. The lowest BCUT2D eigenvalue weighted by atomic mass is 10.1. The molecule has 0 fully saturated rings. The molecule has 0 spiro atoms. The number of likely N-dealkylation sites (N-methyl/N-ethyl adjacent to an activating group) is 1. The molecule has 3 N–H and O–H groups in total.